The first-order chi connectivity index (χ1) is 14.8. The van der Waals surface area contributed by atoms with Gasteiger partial charge in [0.25, 0.3) is 5.91 Å². The zero-order chi connectivity index (χ0) is 22.1. The van der Waals surface area contributed by atoms with Gasteiger partial charge in [-0.1, -0.05) is 25.4 Å². The van der Waals surface area contributed by atoms with Gasteiger partial charge in [-0.05, 0) is 87.1 Å². The molecule has 0 atom stereocenters. The fraction of sp³-hybridized carbons (Fsp3) is 0.760. The van der Waals surface area contributed by atoms with E-state index in [0.717, 1.165) is 55.9 Å². The van der Waals surface area contributed by atoms with Crippen LogP contribution in [0.15, 0.2) is 12.3 Å². The van der Waals surface area contributed by atoms with Crippen LogP contribution in [-0.2, 0) is 6.42 Å². The molecule has 0 aromatic carbocycles. The van der Waals surface area contributed by atoms with Crippen molar-refractivity contribution in [1.82, 2.24) is 15.6 Å². The second-order valence-corrected chi connectivity index (χ2v) is 11.8. The van der Waals surface area contributed by atoms with Gasteiger partial charge >= 0.3 is 0 Å². The van der Waals surface area contributed by atoms with Gasteiger partial charge in [0.2, 0.25) is 0 Å². The molecule has 0 saturated heterocycles. The lowest BCUT2D eigenvalue weighted by Crippen LogP contribution is -2.51. The molecular weight excluding hydrogens is 481 g/mol. The number of amides is 1. The standard InChI is InChI=1S/C25H38ClN3O2.2ClH/c1-24(2,16-30)14-27-5-3-4-20-9-21(22(26)13-28-20)23(31)29-15-25-10-17-6-18(11-25)8-19(7-17)12-25;;/h9,13,17-19,27,30H,3-8,10-12,14-16H2,1-2H3,(H,29,31);2*1H. The van der Waals surface area contributed by atoms with E-state index < -0.39 is 0 Å². The average molecular weight is 521 g/mol. The molecule has 33 heavy (non-hydrogen) atoms. The number of nitrogens with zero attached hydrogens (tertiary/aromatic N) is 1. The second-order valence-electron chi connectivity index (χ2n) is 11.4. The quantitative estimate of drug-likeness (QED) is 0.377. The summed E-state index contributed by atoms with van der Waals surface area (Å²) in [5, 5.41) is 16.4. The third-order valence-corrected chi connectivity index (χ3v) is 8.06. The molecule has 0 radical (unpaired) electrons. The number of nitrogens with one attached hydrogen (secondary N) is 2. The molecule has 1 amide bonds. The Morgan fingerprint density at radius 3 is 2.36 bits per heavy atom. The van der Waals surface area contributed by atoms with Crippen molar-refractivity contribution in [3.05, 3.63) is 28.5 Å². The van der Waals surface area contributed by atoms with Crippen molar-refractivity contribution in [3.63, 3.8) is 0 Å². The first kappa shape index (κ1) is 28.6. The van der Waals surface area contributed by atoms with Crippen molar-refractivity contribution >= 4 is 42.3 Å². The van der Waals surface area contributed by atoms with Gasteiger partial charge in [-0.25, -0.2) is 0 Å². The van der Waals surface area contributed by atoms with Gasteiger partial charge in [-0.15, -0.1) is 24.8 Å². The van der Waals surface area contributed by atoms with Crippen molar-refractivity contribution in [3.8, 4) is 0 Å². The number of pyridine rings is 1. The number of aromatic nitrogens is 1. The monoisotopic (exact) mass is 519 g/mol. The summed E-state index contributed by atoms with van der Waals surface area (Å²) in [4.78, 5) is 17.4. The SMILES string of the molecule is CC(C)(CO)CNCCCc1cc(C(=O)NCC23CC4CC(CC(C4)C2)C3)c(Cl)cn1.Cl.Cl. The minimum Gasteiger partial charge on any atom is -0.396 e. The summed E-state index contributed by atoms with van der Waals surface area (Å²) >= 11 is 6.34. The largest absolute Gasteiger partial charge is 0.396 e. The van der Waals surface area contributed by atoms with Gasteiger partial charge in [0, 0.05) is 37.0 Å². The fourth-order valence-electron chi connectivity index (χ4n) is 6.54. The highest BCUT2D eigenvalue weighted by Crippen LogP contribution is 2.59. The van der Waals surface area contributed by atoms with E-state index in [4.69, 9.17) is 11.6 Å². The van der Waals surface area contributed by atoms with Crippen LogP contribution in [0.3, 0.4) is 0 Å². The van der Waals surface area contributed by atoms with E-state index >= 15 is 0 Å². The molecule has 4 aliphatic rings. The molecular formula is C25H40Cl3N3O2. The molecule has 4 bridgehead atoms. The Labute approximate surface area is 216 Å². The number of rotatable bonds is 10. The Kier molecular flexibility index (Phi) is 10.3. The van der Waals surface area contributed by atoms with E-state index in [1.165, 1.54) is 38.5 Å². The van der Waals surface area contributed by atoms with E-state index in [-0.39, 0.29) is 42.7 Å². The van der Waals surface area contributed by atoms with Gasteiger partial charge in [-0.3, -0.25) is 9.78 Å². The summed E-state index contributed by atoms with van der Waals surface area (Å²) < 4.78 is 0. The molecule has 1 aromatic rings. The summed E-state index contributed by atoms with van der Waals surface area (Å²) in [6, 6.07) is 1.86. The molecule has 0 aliphatic heterocycles. The maximum atomic E-state index is 13.0. The normalized spacial score (nSPS) is 27.6. The van der Waals surface area contributed by atoms with Gasteiger partial charge in [0.1, 0.15) is 0 Å². The van der Waals surface area contributed by atoms with Crippen LogP contribution in [0.4, 0.5) is 0 Å². The number of aryl methyl sites for hydroxylation is 1. The number of aliphatic hydroxyl groups excluding tert-OH is 1. The summed E-state index contributed by atoms with van der Waals surface area (Å²) in [5.41, 5.74) is 1.65. The lowest BCUT2D eigenvalue weighted by Gasteiger charge is -2.56. The van der Waals surface area contributed by atoms with Crippen LogP contribution in [0.25, 0.3) is 0 Å². The van der Waals surface area contributed by atoms with Gasteiger partial charge in [0.15, 0.2) is 0 Å². The Morgan fingerprint density at radius 2 is 1.79 bits per heavy atom. The molecule has 8 heteroatoms. The molecule has 0 unspecified atom stereocenters. The van der Waals surface area contributed by atoms with E-state index in [2.05, 4.69) is 15.6 Å². The highest BCUT2D eigenvalue weighted by Gasteiger charge is 2.50. The molecule has 4 saturated carbocycles. The first-order valence-electron chi connectivity index (χ1n) is 12.0. The third-order valence-electron chi connectivity index (χ3n) is 7.76. The lowest BCUT2D eigenvalue weighted by atomic mass is 9.49. The van der Waals surface area contributed by atoms with Crippen LogP contribution >= 0.6 is 36.4 Å². The van der Waals surface area contributed by atoms with Gasteiger partial charge < -0.3 is 15.7 Å². The van der Waals surface area contributed by atoms with Crippen molar-refractivity contribution < 1.29 is 9.90 Å². The van der Waals surface area contributed by atoms with Crippen LogP contribution in [-0.4, -0.2) is 42.2 Å². The highest BCUT2D eigenvalue weighted by atomic mass is 35.5. The number of carbonyl (C=O) groups is 1. The summed E-state index contributed by atoms with van der Waals surface area (Å²) in [7, 11) is 0. The number of carbonyl (C=O) groups excluding carboxylic acids is 1. The molecule has 4 aliphatic carbocycles. The Balaban J connectivity index is 0.00000193. The minimum absolute atomic E-state index is 0. The molecule has 0 spiro atoms. The number of aliphatic hydroxyl groups is 1. The van der Waals surface area contributed by atoms with Crippen LogP contribution in [0.5, 0.6) is 0 Å². The Bertz CT molecular complexity index is 768. The predicted octanol–water partition coefficient (Wildman–Crippen LogP) is 5.07. The maximum absolute atomic E-state index is 13.0. The van der Waals surface area contributed by atoms with Crippen molar-refractivity contribution in [2.24, 2.45) is 28.6 Å². The van der Waals surface area contributed by atoms with Crippen molar-refractivity contribution in [1.29, 1.82) is 0 Å². The first-order valence-corrected chi connectivity index (χ1v) is 12.4. The predicted molar refractivity (Wildman–Crippen MR) is 139 cm³/mol. The average Bonchev–Trinajstić information content (AvgIpc) is 2.72. The highest BCUT2D eigenvalue weighted by molar-refractivity contribution is 6.33. The van der Waals surface area contributed by atoms with E-state index in [9.17, 15) is 9.90 Å². The lowest BCUT2D eigenvalue weighted by molar-refractivity contribution is -0.0503. The maximum Gasteiger partial charge on any atom is 0.252 e. The van der Waals surface area contributed by atoms with Crippen LogP contribution in [0.2, 0.25) is 5.02 Å². The summed E-state index contributed by atoms with van der Waals surface area (Å²) in [5.74, 6) is 2.59. The molecule has 4 fully saturated rings. The molecule has 3 N–H and O–H groups in total. The van der Waals surface area contributed by atoms with Crippen molar-refractivity contribution in [2.45, 2.75) is 65.2 Å². The molecule has 188 valence electrons. The molecule has 1 heterocycles. The van der Waals surface area contributed by atoms with Gasteiger partial charge in [0.05, 0.1) is 10.6 Å². The number of hydrogen-bond donors (Lipinski definition) is 3. The second kappa shape index (κ2) is 11.9. The fourth-order valence-corrected chi connectivity index (χ4v) is 6.73. The zero-order valence-electron chi connectivity index (χ0n) is 19.9. The summed E-state index contributed by atoms with van der Waals surface area (Å²) in [6.07, 6.45) is 11.4. The molecule has 5 rings (SSSR count). The van der Waals surface area contributed by atoms with Crippen LogP contribution < -0.4 is 10.6 Å². The van der Waals surface area contributed by atoms with E-state index in [1.54, 1.807) is 6.20 Å². The van der Waals surface area contributed by atoms with Gasteiger partial charge in [-0.2, -0.15) is 0 Å². The third kappa shape index (κ3) is 7.20. The molecule has 1 aromatic heterocycles. The topological polar surface area (TPSA) is 74.2 Å². The zero-order valence-corrected chi connectivity index (χ0v) is 22.3. The van der Waals surface area contributed by atoms with E-state index in [0.29, 0.717) is 16.0 Å². The van der Waals surface area contributed by atoms with Crippen molar-refractivity contribution in [2.75, 3.05) is 26.2 Å². The number of hydrogen-bond acceptors (Lipinski definition) is 4. The minimum atomic E-state index is -0.111. The smallest absolute Gasteiger partial charge is 0.252 e. The van der Waals surface area contributed by atoms with E-state index in [1.807, 2.05) is 19.9 Å². The Morgan fingerprint density at radius 1 is 1.18 bits per heavy atom. The Hall–Kier alpha value is -0.590. The molecule has 5 nitrogen and oxygen atoms in total. The number of halogens is 3. The van der Waals surface area contributed by atoms with Crippen LogP contribution in [0.1, 0.15) is 74.8 Å². The summed E-state index contributed by atoms with van der Waals surface area (Å²) in [6.45, 7) is 6.65. The van der Waals surface area contributed by atoms with Crippen LogP contribution in [0, 0.1) is 28.6 Å².